The first-order chi connectivity index (χ1) is 11.3. The van der Waals surface area contributed by atoms with Gasteiger partial charge in [0, 0.05) is 0 Å². The number of carbonyl (C=O) groups is 1. The number of benzene rings is 1. The molecule has 0 saturated carbocycles. The Morgan fingerprint density at radius 2 is 1.88 bits per heavy atom. The van der Waals surface area contributed by atoms with E-state index in [9.17, 15) is 25.2 Å². The first-order valence-corrected chi connectivity index (χ1v) is 7.25. The lowest BCUT2D eigenvalue weighted by Gasteiger charge is -2.43. The Kier molecular flexibility index (Phi) is 5.70. The fraction of sp³-hybridized carbons (Fsp3) is 0.438. The molecular formula is C16H20O8. The van der Waals surface area contributed by atoms with Crippen molar-refractivity contribution in [3.05, 3.63) is 35.9 Å². The standard InChI is InChI=1S/C16H20O8/c1-23-10-5-2-9(3-6-10)4-7-12(18)16(22)15(21)14(20)13(19)11(8-17)24-16/h2-7,11,13-15,17,19-22H,8H2,1H3/t11-,13-,14+,15-,16-/m1/s1. The van der Waals surface area contributed by atoms with E-state index in [1.165, 1.54) is 13.2 Å². The minimum Gasteiger partial charge on any atom is -0.497 e. The van der Waals surface area contributed by atoms with E-state index in [1.807, 2.05) is 0 Å². The van der Waals surface area contributed by atoms with Gasteiger partial charge in [-0.1, -0.05) is 18.2 Å². The number of aliphatic hydroxyl groups is 5. The van der Waals surface area contributed by atoms with Gasteiger partial charge in [-0.15, -0.1) is 0 Å². The number of ether oxygens (including phenoxy) is 2. The summed E-state index contributed by atoms with van der Waals surface area (Å²) in [6.07, 6.45) is -4.61. The van der Waals surface area contributed by atoms with Crippen LogP contribution in [0.4, 0.5) is 0 Å². The highest BCUT2D eigenvalue weighted by molar-refractivity contribution is 5.99. The van der Waals surface area contributed by atoms with Crippen molar-refractivity contribution in [2.24, 2.45) is 0 Å². The zero-order valence-corrected chi connectivity index (χ0v) is 12.9. The van der Waals surface area contributed by atoms with Gasteiger partial charge in [0.05, 0.1) is 13.7 Å². The molecule has 5 atom stereocenters. The molecule has 0 radical (unpaired) electrons. The summed E-state index contributed by atoms with van der Waals surface area (Å²) in [6, 6.07) is 6.68. The highest BCUT2D eigenvalue weighted by Crippen LogP contribution is 2.29. The zero-order chi connectivity index (χ0) is 17.9. The van der Waals surface area contributed by atoms with Gasteiger partial charge in [0.25, 0.3) is 5.79 Å². The number of hydrogen-bond acceptors (Lipinski definition) is 8. The molecule has 8 heteroatoms. The van der Waals surface area contributed by atoms with E-state index >= 15 is 0 Å². The van der Waals surface area contributed by atoms with Crippen LogP contribution in [-0.4, -0.2) is 75.2 Å². The van der Waals surface area contributed by atoms with Crippen LogP contribution in [0.25, 0.3) is 6.08 Å². The van der Waals surface area contributed by atoms with Crippen molar-refractivity contribution in [2.75, 3.05) is 13.7 Å². The van der Waals surface area contributed by atoms with E-state index in [0.29, 0.717) is 11.3 Å². The molecule has 1 aliphatic rings. The zero-order valence-electron chi connectivity index (χ0n) is 12.9. The second kappa shape index (κ2) is 7.39. The Hall–Kier alpha value is -1.81. The average molecular weight is 340 g/mol. The summed E-state index contributed by atoms with van der Waals surface area (Å²) in [6.45, 7) is -0.747. The third kappa shape index (κ3) is 3.48. The summed E-state index contributed by atoms with van der Waals surface area (Å²) >= 11 is 0. The van der Waals surface area contributed by atoms with E-state index < -0.39 is 42.6 Å². The predicted molar refractivity (Wildman–Crippen MR) is 82.0 cm³/mol. The van der Waals surface area contributed by atoms with Crippen molar-refractivity contribution in [1.82, 2.24) is 0 Å². The van der Waals surface area contributed by atoms with Crippen LogP contribution < -0.4 is 4.74 Å². The Morgan fingerprint density at radius 3 is 2.42 bits per heavy atom. The Bertz CT molecular complexity index is 597. The molecule has 2 rings (SSSR count). The fourth-order valence-electron chi connectivity index (χ4n) is 2.36. The minimum absolute atomic E-state index is 0.623. The van der Waals surface area contributed by atoms with Crippen LogP contribution in [0.2, 0.25) is 0 Å². The smallest absolute Gasteiger partial charge is 0.260 e. The van der Waals surface area contributed by atoms with Gasteiger partial charge >= 0.3 is 0 Å². The van der Waals surface area contributed by atoms with E-state index in [2.05, 4.69) is 0 Å². The molecule has 0 amide bonds. The number of aliphatic hydroxyl groups excluding tert-OH is 4. The van der Waals surface area contributed by atoms with Crippen LogP contribution >= 0.6 is 0 Å². The first kappa shape index (κ1) is 18.5. The number of ketones is 1. The molecule has 0 aromatic heterocycles. The second-order valence-corrected chi connectivity index (χ2v) is 5.43. The highest BCUT2D eigenvalue weighted by Gasteiger charge is 2.56. The van der Waals surface area contributed by atoms with Gasteiger partial charge < -0.3 is 35.0 Å². The Labute approximate surface area is 138 Å². The molecule has 0 unspecified atom stereocenters. The van der Waals surface area contributed by atoms with Gasteiger partial charge in [-0.2, -0.15) is 0 Å². The summed E-state index contributed by atoms with van der Waals surface area (Å²) in [5.41, 5.74) is 0.623. The fourth-order valence-corrected chi connectivity index (χ4v) is 2.36. The van der Waals surface area contributed by atoms with Gasteiger partial charge in [0.1, 0.15) is 30.2 Å². The molecule has 1 saturated heterocycles. The summed E-state index contributed by atoms with van der Waals surface area (Å²) in [5.74, 6) is -3.17. The van der Waals surface area contributed by atoms with E-state index in [-0.39, 0.29) is 0 Å². The van der Waals surface area contributed by atoms with Crippen LogP contribution in [0.5, 0.6) is 5.75 Å². The lowest BCUT2D eigenvalue weighted by Crippen LogP contribution is -2.67. The van der Waals surface area contributed by atoms with Crippen LogP contribution in [0.1, 0.15) is 5.56 Å². The molecule has 5 N–H and O–H groups in total. The lowest BCUT2D eigenvalue weighted by atomic mass is 9.90. The number of hydrogen-bond donors (Lipinski definition) is 5. The van der Waals surface area contributed by atoms with Crippen molar-refractivity contribution < 1.29 is 39.8 Å². The third-order valence-corrected chi connectivity index (χ3v) is 3.86. The van der Waals surface area contributed by atoms with Crippen LogP contribution in [0.15, 0.2) is 30.3 Å². The molecule has 1 aromatic rings. The molecule has 8 nitrogen and oxygen atoms in total. The molecule has 1 fully saturated rings. The number of rotatable bonds is 5. The van der Waals surface area contributed by atoms with Crippen molar-refractivity contribution in [2.45, 2.75) is 30.2 Å². The normalized spacial score (nSPS) is 33.6. The summed E-state index contributed by atoms with van der Waals surface area (Å²) in [4.78, 5) is 12.2. The number of methoxy groups -OCH3 is 1. The van der Waals surface area contributed by atoms with Crippen LogP contribution in [0.3, 0.4) is 0 Å². The Balaban J connectivity index is 2.18. The maximum absolute atomic E-state index is 12.2. The number of carbonyl (C=O) groups excluding carboxylic acids is 1. The topological polar surface area (TPSA) is 137 Å². The van der Waals surface area contributed by atoms with Crippen molar-refractivity contribution in [3.63, 3.8) is 0 Å². The van der Waals surface area contributed by atoms with E-state index in [0.717, 1.165) is 6.08 Å². The molecular weight excluding hydrogens is 320 g/mol. The Morgan fingerprint density at radius 1 is 1.25 bits per heavy atom. The molecule has 1 aliphatic heterocycles. The average Bonchev–Trinajstić information content (AvgIpc) is 2.61. The lowest BCUT2D eigenvalue weighted by molar-refractivity contribution is -0.329. The van der Waals surface area contributed by atoms with E-state index in [1.54, 1.807) is 24.3 Å². The third-order valence-electron chi connectivity index (χ3n) is 3.86. The van der Waals surface area contributed by atoms with E-state index in [4.69, 9.17) is 14.6 Å². The predicted octanol–water partition coefficient (Wildman–Crippen LogP) is -1.56. The van der Waals surface area contributed by atoms with Crippen LogP contribution in [-0.2, 0) is 9.53 Å². The quantitative estimate of drug-likeness (QED) is 0.406. The van der Waals surface area contributed by atoms with Crippen LogP contribution in [0, 0.1) is 0 Å². The maximum Gasteiger partial charge on any atom is 0.260 e. The maximum atomic E-state index is 12.2. The SMILES string of the molecule is COc1ccc(C=CC(=O)[C@@]2(O)O[C@H](CO)[C@@H](O)[C@H](O)[C@H]2O)cc1. The van der Waals surface area contributed by atoms with Crippen molar-refractivity contribution in [1.29, 1.82) is 0 Å². The highest BCUT2D eigenvalue weighted by atomic mass is 16.7. The van der Waals surface area contributed by atoms with Gasteiger partial charge in [0.2, 0.25) is 5.78 Å². The molecule has 1 heterocycles. The second-order valence-electron chi connectivity index (χ2n) is 5.43. The van der Waals surface area contributed by atoms with Gasteiger partial charge in [-0.3, -0.25) is 4.79 Å². The summed E-state index contributed by atoms with van der Waals surface area (Å²) < 4.78 is 9.94. The van der Waals surface area contributed by atoms with Crippen molar-refractivity contribution in [3.8, 4) is 5.75 Å². The minimum atomic E-state index is -2.77. The first-order valence-electron chi connectivity index (χ1n) is 7.25. The summed E-state index contributed by atoms with van der Waals surface area (Å²) in [7, 11) is 1.52. The largest absolute Gasteiger partial charge is 0.497 e. The monoisotopic (exact) mass is 340 g/mol. The summed E-state index contributed by atoms with van der Waals surface area (Å²) in [5, 5.41) is 48.6. The molecule has 1 aromatic carbocycles. The molecule has 0 spiro atoms. The van der Waals surface area contributed by atoms with Gasteiger partial charge in [-0.25, -0.2) is 0 Å². The van der Waals surface area contributed by atoms with Gasteiger partial charge in [0.15, 0.2) is 0 Å². The van der Waals surface area contributed by atoms with Gasteiger partial charge in [-0.05, 0) is 23.8 Å². The molecule has 0 bridgehead atoms. The molecule has 132 valence electrons. The molecule has 0 aliphatic carbocycles. The van der Waals surface area contributed by atoms with Crippen molar-refractivity contribution >= 4 is 11.9 Å². The molecule has 24 heavy (non-hydrogen) atoms.